The van der Waals surface area contributed by atoms with Crippen molar-refractivity contribution in [2.45, 2.75) is 13.3 Å². The van der Waals surface area contributed by atoms with Gasteiger partial charge in [0.1, 0.15) is 0 Å². The van der Waals surface area contributed by atoms with Crippen LogP contribution in [0.4, 0.5) is 0 Å². The number of aliphatic carboxylic acids is 1. The number of carboxylic acid groups (broad SMARTS) is 1. The van der Waals surface area contributed by atoms with E-state index in [-0.39, 0.29) is 5.57 Å². The number of ether oxygens (including phenoxy) is 1. The Bertz CT molecular complexity index is 240. The number of rotatable bonds is 3. The summed E-state index contributed by atoms with van der Waals surface area (Å²) >= 11 is 0. The van der Waals surface area contributed by atoms with Crippen LogP contribution < -0.4 is 0 Å². The van der Waals surface area contributed by atoms with Crippen molar-refractivity contribution in [2.75, 3.05) is 0 Å². The minimum Gasteiger partial charge on any atom is -0.478 e. The van der Waals surface area contributed by atoms with E-state index >= 15 is 0 Å². The lowest BCUT2D eigenvalue weighted by molar-refractivity contribution is -0.158. The van der Waals surface area contributed by atoms with Gasteiger partial charge in [-0.15, -0.1) is 0 Å². The van der Waals surface area contributed by atoms with Crippen molar-refractivity contribution in [3.63, 3.8) is 0 Å². The van der Waals surface area contributed by atoms with Crippen LogP contribution in [0, 0.1) is 0 Å². The van der Waals surface area contributed by atoms with Crippen LogP contribution in [0.3, 0.4) is 0 Å². The van der Waals surface area contributed by atoms with Crippen molar-refractivity contribution in [3.8, 4) is 0 Å². The van der Waals surface area contributed by atoms with E-state index in [1.807, 2.05) is 0 Å². The Hall–Kier alpha value is -1.65. The molecule has 0 rings (SSSR count). The van der Waals surface area contributed by atoms with E-state index < -0.39 is 24.3 Å². The number of hydrogen-bond donors (Lipinski definition) is 1. The van der Waals surface area contributed by atoms with Gasteiger partial charge in [0, 0.05) is 12.5 Å². The van der Waals surface area contributed by atoms with Gasteiger partial charge in [-0.3, -0.25) is 9.59 Å². The maximum atomic E-state index is 10.6. The third kappa shape index (κ3) is 4.21. The molecule has 0 aliphatic carbocycles. The Morgan fingerprint density at radius 2 is 1.92 bits per heavy atom. The highest BCUT2D eigenvalue weighted by atomic mass is 16.6. The molecule has 0 saturated heterocycles. The van der Waals surface area contributed by atoms with Crippen molar-refractivity contribution in [1.82, 2.24) is 0 Å². The summed E-state index contributed by atoms with van der Waals surface area (Å²) in [5.41, 5.74) is -0.304. The molecule has 12 heavy (non-hydrogen) atoms. The van der Waals surface area contributed by atoms with E-state index in [1.165, 1.54) is 0 Å². The maximum absolute atomic E-state index is 10.6. The topological polar surface area (TPSA) is 80.7 Å². The number of esters is 2. The Morgan fingerprint density at radius 3 is 2.25 bits per heavy atom. The van der Waals surface area contributed by atoms with E-state index in [0.29, 0.717) is 0 Å². The molecule has 5 heteroatoms. The summed E-state index contributed by atoms with van der Waals surface area (Å²) in [6.07, 6.45) is -0.477. The number of hydrogen-bond acceptors (Lipinski definition) is 4. The highest BCUT2D eigenvalue weighted by Gasteiger charge is 2.12. The van der Waals surface area contributed by atoms with E-state index in [4.69, 9.17) is 5.11 Å². The van der Waals surface area contributed by atoms with Gasteiger partial charge < -0.3 is 9.84 Å². The quantitative estimate of drug-likeness (QED) is 0.371. The van der Waals surface area contributed by atoms with Crippen LogP contribution in [-0.4, -0.2) is 23.0 Å². The molecule has 0 saturated carbocycles. The van der Waals surface area contributed by atoms with E-state index in [9.17, 15) is 14.4 Å². The lowest BCUT2D eigenvalue weighted by Crippen LogP contribution is -2.12. The predicted octanol–water partition coefficient (Wildman–Crippen LogP) is 0.107. The van der Waals surface area contributed by atoms with Crippen molar-refractivity contribution < 1.29 is 24.2 Å². The fraction of sp³-hybridized carbons (Fsp3) is 0.286. The molecule has 5 nitrogen and oxygen atoms in total. The summed E-state index contributed by atoms with van der Waals surface area (Å²) in [6, 6.07) is 0. The zero-order valence-corrected chi connectivity index (χ0v) is 6.49. The molecule has 0 fully saturated rings. The van der Waals surface area contributed by atoms with Crippen molar-refractivity contribution in [1.29, 1.82) is 0 Å². The van der Waals surface area contributed by atoms with Crippen LogP contribution in [0.25, 0.3) is 0 Å². The first-order valence-corrected chi connectivity index (χ1v) is 3.05. The lowest BCUT2D eigenvalue weighted by Gasteiger charge is -1.98. The molecule has 66 valence electrons. The Kier molecular flexibility index (Phi) is 3.69. The number of carboxylic acids is 1. The van der Waals surface area contributed by atoms with Crippen molar-refractivity contribution in [2.24, 2.45) is 0 Å². The second-order valence-electron chi connectivity index (χ2n) is 2.05. The second-order valence-corrected chi connectivity index (χ2v) is 2.05. The maximum Gasteiger partial charge on any atom is 0.331 e. The van der Waals surface area contributed by atoms with Gasteiger partial charge in [-0.2, -0.15) is 0 Å². The van der Waals surface area contributed by atoms with Crippen molar-refractivity contribution in [3.05, 3.63) is 12.2 Å². The first kappa shape index (κ1) is 10.3. The fourth-order valence-corrected chi connectivity index (χ4v) is 0.446. The average Bonchev–Trinajstić information content (AvgIpc) is 1.84. The molecule has 0 amide bonds. The molecule has 0 atom stereocenters. The van der Waals surface area contributed by atoms with Crippen LogP contribution in [0.1, 0.15) is 13.3 Å². The SMILES string of the molecule is C=C(CC(=O)OC(C)=O)C(=O)O. The average molecular weight is 172 g/mol. The molecule has 0 aromatic rings. The van der Waals surface area contributed by atoms with Gasteiger partial charge in [-0.25, -0.2) is 4.79 Å². The molecule has 1 N–H and O–H groups in total. The summed E-state index contributed by atoms with van der Waals surface area (Å²) in [5, 5.41) is 8.27. The van der Waals surface area contributed by atoms with Crippen LogP contribution in [0.2, 0.25) is 0 Å². The normalized spacial score (nSPS) is 8.75. The third-order valence-corrected chi connectivity index (χ3v) is 0.918. The van der Waals surface area contributed by atoms with Crippen LogP contribution in [-0.2, 0) is 19.1 Å². The third-order valence-electron chi connectivity index (χ3n) is 0.918. The first-order valence-electron chi connectivity index (χ1n) is 3.05. The number of carbonyl (C=O) groups is 3. The fourth-order valence-electron chi connectivity index (χ4n) is 0.446. The minimum atomic E-state index is -1.28. The Labute approximate surface area is 68.6 Å². The molecular formula is C7H8O5. The molecule has 0 spiro atoms. The summed E-state index contributed by atoms with van der Waals surface area (Å²) in [5.74, 6) is -2.96. The largest absolute Gasteiger partial charge is 0.478 e. The summed E-state index contributed by atoms with van der Waals surface area (Å²) in [4.78, 5) is 30.9. The van der Waals surface area contributed by atoms with Gasteiger partial charge in [-0.05, 0) is 0 Å². The minimum absolute atomic E-state index is 0.304. The molecule has 0 radical (unpaired) electrons. The molecular weight excluding hydrogens is 164 g/mol. The highest BCUT2D eigenvalue weighted by Crippen LogP contribution is 1.99. The lowest BCUT2D eigenvalue weighted by atomic mass is 10.2. The summed E-state index contributed by atoms with van der Waals surface area (Å²) in [6.45, 7) is 4.15. The smallest absolute Gasteiger partial charge is 0.331 e. The molecule has 0 unspecified atom stereocenters. The van der Waals surface area contributed by atoms with E-state index in [0.717, 1.165) is 6.92 Å². The zero-order chi connectivity index (χ0) is 9.72. The van der Waals surface area contributed by atoms with Gasteiger partial charge in [0.25, 0.3) is 0 Å². The first-order chi connectivity index (χ1) is 5.43. The van der Waals surface area contributed by atoms with Crippen LogP contribution in [0.15, 0.2) is 12.2 Å². The van der Waals surface area contributed by atoms with E-state index in [2.05, 4.69) is 11.3 Å². The molecule has 0 aromatic heterocycles. The Morgan fingerprint density at radius 1 is 1.42 bits per heavy atom. The summed E-state index contributed by atoms with van der Waals surface area (Å²) < 4.78 is 4.07. The molecule has 0 heterocycles. The number of carbonyl (C=O) groups excluding carboxylic acids is 2. The van der Waals surface area contributed by atoms with Gasteiger partial charge in [0.15, 0.2) is 0 Å². The van der Waals surface area contributed by atoms with Crippen LogP contribution in [0.5, 0.6) is 0 Å². The van der Waals surface area contributed by atoms with E-state index in [1.54, 1.807) is 0 Å². The predicted molar refractivity (Wildman–Crippen MR) is 38.2 cm³/mol. The van der Waals surface area contributed by atoms with Gasteiger partial charge in [-0.1, -0.05) is 6.58 Å². The van der Waals surface area contributed by atoms with Crippen LogP contribution >= 0.6 is 0 Å². The summed E-state index contributed by atoms with van der Waals surface area (Å²) in [7, 11) is 0. The Balaban J connectivity index is 3.94. The monoisotopic (exact) mass is 172 g/mol. The second kappa shape index (κ2) is 4.27. The molecule has 0 bridgehead atoms. The molecule has 0 aromatic carbocycles. The van der Waals surface area contributed by atoms with Gasteiger partial charge >= 0.3 is 17.9 Å². The van der Waals surface area contributed by atoms with Gasteiger partial charge in [0.05, 0.1) is 6.42 Å². The molecule has 0 aliphatic rings. The van der Waals surface area contributed by atoms with Gasteiger partial charge in [0.2, 0.25) is 0 Å². The van der Waals surface area contributed by atoms with Crippen molar-refractivity contribution >= 4 is 17.9 Å². The zero-order valence-electron chi connectivity index (χ0n) is 6.49. The highest BCUT2D eigenvalue weighted by molar-refractivity contribution is 5.94. The standard InChI is InChI=1S/C7H8O5/c1-4(7(10)11)3-6(9)12-5(2)8/h1,3H2,2H3,(H,10,11). The molecule has 0 aliphatic heterocycles.